The van der Waals surface area contributed by atoms with Crippen LogP contribution in [0.5, 0.6) is 0 Å². The molecule has 3 rings (SSSR count). The third-order valence-corrected chi connectivity index (χ3v) is 4.33. The summed E-state index contributed by atoms with van der Waals surface area (Å²) >= 11 is 1.23. The summed E-state index contributed by atoms with van der Waals surface area (Å²) in [7, 11) is 1.31. The lowest BCUT2D eigenvalue weighted by Gasteiger charge is -2.05. The van der Waals surface area contributed by atoms with Gasteiger partial charge in [-0.25, -0.2) is 9.78 Å². The van der Waals surface area contributed by atoms with Crippen LogP contribution >= 0.6 is 11.3 Å². The fraction of sp³-hybridized carbons (Fsp3) is 0.385. The number of nitrogens with zero attached hydrogens (tertiary/aromatic N) is 2. The molecule has 0 spiro atoms. The molecule has 1 fully saturated rings. The van der Waals surface area contributed by atoms with Crippen molar-refractivity contribution in [1.82, 2.24) is 15.2 Å². The van der Waals surface area contributed by atoms with Gasteiger partial charge in [-0.05, 0) is 30.7 Å². The van der Waals surface area contributed by atoms with Crippen LogP contribution in [0.25, 0.3) is 0 Å². The molecule has 1 amide bonds. The first kappa shape index (κ1) is 13.7. The molecular formula is C13H14N4O3S. The second-order valence-electron chi connectivity index (χ2n) is 4.89. The van der Waals surface area contributed by atoms with E-state index in [-0.39, 0.29) is 5.82 Å². The van der Waals surface area contributed by atoms with Gasteiger partial charge in [-0.15, -0.1) is 16.4 Å². The van der Waals surface area contributed by atoms with E-state index >= 15 is 0 Å². The van der Waals surface area contributed by atoms with Gasteiger partial charge in [0.2, 0.25) is 5.82 Å². The van der Waals surface area contributed by atoms with Crippen LogP contribution in [0.1, 0.15) is 50.4 Å². The number of H-pyrrole nitrogens is 1. The van der Waals surface area contributed by atoms with Gasteiger partial charge in [0.1, 0.15) is 10.7 Å². The number of rotatable bonds is 4. The van der Waals surface area contributed by atoms with Crippen molar-refractivity contribution in [3.63, 3.8) is 0 Å². The van der Waals surface area contributed by atoms with Crippen molar-refractivity contribution in [1.29, 1.82) is 0 Å². The second-order valence-corrected chi connectivity index (χ2v) is 5.77. The molecule has 0 unspecified atom stereocenters. The highest BCUT2D eigenvalue weighted by Crippen LogP contribution is 2.37. The van der Waals surface area contributed by atoms with Crippen LogP contribution in [0.15, 0.2) is 5.38 Å². The molecule has 2 aromatic heterocycles. The molecular weight excluding hydrogens is 292 g/mol. The van der Waals surface area contributed by atoms with Crippen LogP contribution in [0.3, 0.4) is 0 Å². The second kappa shape index (κ2) is 5.28. The first-order valence-corrected chi connectivity index (χ1v) is 7.38. The van der Waals surface area contributed by atoms with Gasteiger partial charge in [0.15, 0.2) is 0 Å². The highest BCUT2D eigenvalue weighted by Gasteiger charge is 2.28. The SMILES string of the molecule is COC(=O)c1scc(C)c1NC(=O)c1n[nH]c(C2CC2)n1. The molecule has 7 nitrogen and oxygen atoms in total. The van der Waals surface area contributed by atoms with Crippen LogP contribution in [-0.4, -0.2) is 34.2 Å². The van der Waals surface area contributed by atoms with E-state index in [1.807, 2.05) is 6.92 Å². The largest absolute Gasteiger partial charge is 0.465 e. The predicted molar refractivity (Wildman–Crippen MR) is 76.7 cm³/mol. The zero-order valence-electron chi connectivity index (χ0n) is 11.6. The molecule has 110 valence electrons. The lowest BCUT2D eigenvalue weighted by Crippen LogP contribution is -2.16. The lowest BCUT2D eigenvalue weighted by atomic mass is 10.2. The third kappa shape index (κ3) is 2.66. The summed E-state index contributed by atoms with van der Waals surface area (Å²) in [6.45, 7) is 1.81. The molecule has 21 heavy (non-hydrogen) atoms. The van der Waals surface area contributed by atoms with Gasteiger partial charge in [-0.1, -0.05) is 0 Å². The van der Waals surface area contributed by atoms with E-state index < -0.39 is 11.9 Å². The molecule has 2 aromatic rings. The summed E-state index contributed by atoms with van der Waals surface area (Å²) in [5.74, 6) is 0.308. The Bertz CT molecular complexity index is 702. The fourth-order valence-electron chi connectivity index (χ4n) is 1.93. The molecule has 0 atom stereocenters. The zero-order valence-corrected chi connectivity index (χ0v) is 12.4. The van der Waals surface area contributed by atoms with Crippen LogP contribution in [-0.2, 0) is 4.74 Å². The van der Waals surface area contributed by atoms with E-state index in [1.165, 1.54) is 18.4 Å². The van der Waals surface area contributed by atoms with E-state index in [1.54, 1.807) is 5.38 Å². The molecule has 0 aromatic carbocycles. The van der Waals surface area contributed by atoms with Gasteiger partial charge < -0.3 is 10.1 Å². The third-order valence-electron chi connectivity index (χ3n) is 3.25. The lowest BCUT2D eigenvalue weighted by molar-refractivity contribution is 0.0607. The van der Waals surface area contributed by atoms with E-state index in [0.29, 0.717) is 16.5 Å². The first-order valence-electron chi connectivity index (χ1n) is 6.50. The molecule has 1 aliphatic carbocycles. The van der Waals surface area contributed by atoms with Crippen molar-refractivity contribution in [2.24, 2.45) is 0 Å². The molecule has 1 aliphatic rings. The number of carbonyl (C=O) groups is 2. The van der Waals surface area contributed by atoms with E-state index in [0.717, 1.165) is 24.2 Å². The van der Waals surface area contributed by atoms with Crippen LogP contribution < -0.4 is 5.32 Å². The summed E-state index contributed by atoms with van der Waals surface area (Å²) in [5, 5.41) is 11.2. The summed E-state index contributed by atoms with van der Waals surface area (Å²) in [6, 6.07) is 0. The average Bonchev–Trinajstić information content (AvgIpc) is 3.10. The number of esters is 1. The number of aryl methyl sites for hydroxylation is 1. The Labute approximate surface area is 124 Å². The van der Waals surface area contributed by atoms with Gasteiger partial charge in [0.25, 0.3) is 5.91 Å². The number of aromatic nitrogens is 3. The number of carbonyl (C=O) groups excluding carboxylic acids is 2. The van der Waals surface area contributed by atoms with Gasteiger partial charge in [-0.2, -0.15) is 0 Å². The smallest absolute Gasteiger partial charge is 0.350 e. The predicted octanol–water partition coefficient (Wildman–Crippen LogP) is 2.09. The number of thiophene rings is 1. The minimum atomic E-state index is -0.475. The maximum Gasteiger partial charge on any atom is 0.350 e. The minimum Gasteiger partial charge on any atom is -0.465 e. The Morgan fingerprint density at radius 3 is 2.90 bits per heavy atom. The highest BCUT2D eigenvalue weighted by atomic mass is 32.1. The Kier molecular flexibility index (Phi) is 3.46. The maximum absolute atomic E-state index is 12.2. The summed E-state index contributed by atoms with van der Waals surface area (Å²) < 4.78 is 4.70. The monoisotopic (exact) mass is 306 g/mol. The molecule has 0 aliphatic heterocycles. The van der Waals surface area contributed by atoms with Gasteiger partial charge >= 0.3 is 5.97 Å². The Morgan fingerprint density at radius 1 is 1.48 bits per heavy atom. The molecule has 1 saturated carbocycles. The van der Waals surface area contributed by atoms with Gasteiger partial charge in [0, 0.05) is 5.92 Å². The number of anilines is 1. The van der Waals surface area contributed by atoms with Crippen molar-refractivity contribution >= 4 is 28.9 Å². The highest BCUT2D eigenvalue weighted by molar-refractivity contribution is 7.12. The van der Waals surface area contributed by atoms with Gasteiger partial charge in [-0.3, -0.25) is 9.89 Å². The molecule has 2 N–H and O–H groups in total. The number of hydrogen-bond donors (Lipinski definition) is 2. The van der Waals surface area contributed by atoms with Crippen LogP contribution in [0.2, 0.25) is 0 Å². The molecule has 0 saturated heterocycles. The quantitative estimate of drug-likeness (QED) is 0.843. The summed E-state index contributed by atoms with van der Waals surface area (Å²) in [6.07, 6.45) is 2.15. The number of nitrogens with one attached hydrogen (secondary N) is 2. The topological polar surface area (TPSA) is 97.0 Å². The Balaban J connectivity index is 1.80. The summed E-state index contributed by atoms with van der Waals surface area (Å²) in [5.41, 5.74) is 1.25. The zero-order chi connectivity index (χ0) is 15.0. The van der Waals surface area contributed by atoms with Crippen molar-refractivity contribution in [3.8, 4) is 0 Å². The number of aromatic amines is 1. The normalized spacial score (nSPS) is 14.0. The Hall–Kier alpha value is -2.22. The van der Waals surface area contributed by atoms with Crippen LogP contribution in [0.4, 0.5) is 5.69 Å². The number of methoxy groups -OCH3 is 1. The number of hydrogen-bond acceptors (Lipinski definition) is 6. The van der Waals surface area contributed by atoms with E-state index in [9.17, 15) is 9.59 Å². The van der Waals surface area contributed by atoms with Crippen molar-refractivity contribution in [2.45, 2.75) is 25.7 Å². The standard InChI is InChI=1S/C13H14N4O3S/c1-6-5-21-9(13(19)20-2)8(6)14-12(18)11-15-10(16-17-11)7-3-4-7/h5,7H,3-4H2,1-2H3,(H,14,18)(H,15,16,17). The minimum absolute atomic E-state index is 0.0818. The van der Waals surface area contributed by atoms with E-state index in [2.05, 4.69) is 20.5 Å². The summed E-state index contributed by atoms with van der Waals surface area (Å²) in [4.78, 5) is 28.4. The fourth-order valence-corrected chi connectivity index (χ4v) is 2.85. The number of ether oxygens (including phenoxy) is 1. The first-order chi connectivity index (χ1) is 10.1. The molecule has 2 heterocycles. The molecule has 0 radical (unpaired) electrons. The number of amides is 1. The van der Waals surface area contributed by atoms with Crippen molar-refractivity contribution in [2.75, 3.05) is 12.4 Å². The van der Waals surface area contributed by atoms with Crippen molar-refractivity contribution < 1.29 is 14.3 Å². The van der Waals surface area contributed by atoms with Crippen LogP contribution in [0, 0.1) is 6.92 Å². The average molecular weight is 306 g/mol. The van der Waals surface area contributed by atoms with Crippen molar-refractivity contribution in [3.05, 3.63) is 27.5 Å². The maximum atomic E-state index is 12.2. The Morgan fingerprint density at radius 2 is 2.24 bits per heavy atom. The molecule has 8 heteroatoms. The van der Waals surface area contributed by atoms with E-state index in [4.69, 9.17) is 4.74 Å². The van der Waals surface area contributed by atoms with Gasteiger partial charge in [0.05, 0.1) is 12.8 Å². The molecule has 0 bridgehead atoms.